The van der Waals surface area contributed by atoms with Crippen LogP contribution in [-0.4, -0.2) is 65.0 Å². The quantitative estimate of drug-likeness (QED) is 0.592. The summed E-state index contributed by atoms with van der Waals surface area (Å²) in [5.41, 5.74) is 1.20. The number of carbonyl (C=O) groups is 2. The van der Waals surface area contributed by atoms with Gasteiger partial charge < -0.3 is 14.5 Å². The van der Waals surface area contributed by atoms with Gasteiger partial charge in [-0.05, 0) is 37.4 Å². The molecule has 5 rings (SSSR count). The molecule has 8 nitrogen and oxygen atoms in total. The number of hydrogen-bond donors (Lipinski definition) is 0. The normalized spacial score (nSPS) is 19.0. The zero-order valence-corrected chi connectivity index (χ0v) is 16.9. The average Bonchev–Trinajstić information content (AvgIpc) is 3.05. The fourth-order valence-corrected chi connectivity index (χ4v) is 3.88. The zero-order chi connectivity index (χ0) is 21.5. The maximum absolute atomic E-state index is 13.6. The summed E-state index contributed by atoms with van der Waals surface area (Å²) in [6, 6.07) is 13.2. The van der Waals surface area contributed by atoms with E-state index in [2.05, 4.69) is 14.9 Å². The van der Waals surface area contributed by atoms with E-state index in [0.29, 0.717) is 29.6 Å². The van der Waals surface area contributed by atoms with E-state index < -0.39 is 18.3 Å². The van der Waals surface area contributed by atoms with Crippen LogP contribution in [0.25, 0.3) is 11.0 Å². The van der Waals surface area contributed by atoms with Gasteiger partial charge in [0.2, 0.25) is 12.2 Å². The first kappa shape index (κ1) is 19.4. The van der Waals surface area contributed by atoms with E-state index in [1.807, 2.05) is 7.05 Å². The molecule has 4 heterocycles. The molecule has 2 aliphatic heterocycles. The minimum atomic E-state index is -0.964. The predicted octanol–water partition coefficient (Wildman–Crippen LogP) is 2.81. The van der Waals surface area contributed by atoms with E-state index in [4.69, 9.17) is 4.74 Å². The molecule has 1 unspecified atom stereocenters. The molecule has 3 aromatic rings. The van der Waals surface area contributed by atoms with Crippen molar-refractivity contribution in [2.45, 2.75) is 6.23 Å². The summed E-state index contributed by atoms with van der Waals surface area (Å²) in [6.07, 6.45) is -1.45. The van der Waals surface area contributed by atoms with Crippen molar-refractivity contribution >= 4 is 28.9 Å². The van der Waals surface area contributed by atoms with E-state index >= 15 is 0 Å². The lowest BCUT2D eigenvalue weighted by Crippen LogP contribution is -2.48. The molecule has 2 aromatic heterocycles. The van der Waals surface area contributed by atoms with Gasteiger partial charge in [-0.3, -0.25) is 9.69 Å². The van der Waals surface area contributed by atoms with Crippen LogP contribution in [0.1, 0.15) is 22.1 Å². The van der Waals surface area contributed by atoms with Crippen LogP contribution < -0.4 is 4.90 Å². The Morgan fingerprint density at radius 2 is 1.77 bits per heavy atom. The number of piperazine rings is 1. The molecule has 0 spiro atoms. The highest BCUT2D eigenvalue weighted by atomic mass is 19.1. The number of pyridine rings is 2. The largest absolute Gasteiger partial charge is 0.420 e. The lowest BCUT2D eigenvalue weighted by atomic mass is 10.1. The van der Waals surface area contributed by atoms with Crippen molar-refractivity contribution in [2.24, 2.45) is 0 Å². The van der Waals surface area contributed by atoms with Crippen molar-refractivity contribution in [2.75, 3.05) is 38.1 Å². The van der Waals surface area contributed by atoms with Crippen LogP contribution in [0.3, 0.4) is 0 Å². The first-order valence-electron chi connectivity index (χ1n) is 10.0. The Balaban J connectivity index is 1.51. The molecule has 1 fully saturated rings. The molecule has 0 N–H and O–H groups in total. The van der Waals surface area contributed by atoms with E-state index in [-0.39, 0.29) is 17.4 Å². The molecule has 2 amide bonds. The van der Waals surface area contributed by atoms with Gasteiger partial charge in [0.15, 0.2) is 5.65 Å². The van der Waals surface area contributed by atoms with Gasteiger partial charge in [-0.25, -0.2) is 9.78 Å². The number of amides is 2. The van der Waals surface area contributed by atoms with Gasteiger partial charge in [-0.1, -0.05) is 18.2 Å². The molecular weight excluding hydrogens is 401 g/mol. The zero-order valence-electron chi connectivity index (χ0n) is 16.9. The number of nitrogens with zero attached hydrogens (tertiary/aromatic N) is 5. The molecule has 31 heavy (non-hydrogen) atoms. The third-order valence-electron chi connectivity index (χ3n) is 5.64. The lowest BCUT2D eigenvalue weighted by molar-refractivity contribution is 0.0489. The highest BCUT2D eigenvalue weighted by Crippen LogP contribution is 2.38. The van der Waals surface area contributed by atoms with E-state index in [0.717, 1.165) is 13.1 Å². The Hall–Kier alpha value is -3.59. The average molecular weight is 421 g/mol. The molecule has 1 aromatic carbocycles. The summed E-state index contributed by atoms with van der Waals surface area (Å²) in [7, 11) is 2.00. The third-order valence-corrected chi connectivity index (χ3v) is 5.64. The smallest absolute Gasteiger partial charge is 0.412 e. The van der Waals surface area contributed by atoms with Crippen LogP contribution in [0.5, 0.6) is 0 Å². The van der Waals surface area contributed by atoms with Crippen LogP contribution >= 0.6 is 0 Å². The summed E-state index contributed by atoms with van der Waals surface area (Å²) >= 11 is 0. The van der Waals surface area contributed by atoms with Crippen molar-refractivity contribution in [3.05, 3.63) is 65.6 Å². The first-order chi connectivity index (χ1) is 15.0. The molecule has 0 aliphatic carbocycles. The molecule has 0 saturated carbocycles. The molecule has 0 radical (unpaired) electrons. The van der Waals surface area contributed by atoms with Gasteiger partial charge in [0.25, 0.3) is 5.91 Å². The predicted molar refractivity (Wildman–Crippen MR) is 111 cm³/mol. The fourth-order valence-electron chi connectivity index (χ4n) is 3.88. The number of hydrogen-bond acceptors (Lipinski definition) is 6. The summed E-state index contributed by atoms with van der Waals surface area (Å²) < 4.78 is 19.4. The standard InChI is InChI=1S/C22H20FN5O3/c1-26-10-12-27(13-11-26)22(30)31-21-16-5-3-2-4-15(16)20(29)28(21)18-9-7-14-6-8-17(23)24-19(14)25-18/h2-9,21H,10-13H2,1H3. The van der Waals surface area contributed by atoms with E-state index in [1.54, 1.807) is 47.4 Å². The number of carbonyl (C=O) groups excluding carboxylic acids is 2. The van der Waals surface area contributed by atoms with Crippen molar-refractivity contribution in [1.82, 2.24) is 19.8 Å². The van der Waals surface area contributed by atoms with Crippen LogP contribution in [0.4, 0.5) is 15.0 Å². The molecule has 0 bridgehead atoms. The second kappa shape index (κ2) is 7.59. The number of likely N-dealkylation sites (N-methyl/N-ethyl adjacent to an activating group) is 1. The number of anilines is 1. The maximum atomic E-state index is 13.6. The number of fused-ring (bicyclic) bond motifs is 2. The van der Waals surface area contributed by atoms with E-state index in [1.165, 1.54) is 11.0 Å². The van der Waals surface area contributed by atoms with Crippen molar-refractivity contribution in [3.63, 3.8) is 0 Å². The molecular formula is C22H20FN5O3. The summed E-state index contributed by atoms with van der Waals surface area (Å²) in [6.45, 7) is 2.61. The maximum Gasteiger partial charge on any atom is 0.412 e. The molecule has 2 aliphatic rings. The Labute approximate surface area is 177 Å². The lowest BCUT2D eigenvalue weighted by Gasteiger charge is -2.33. The monoisotopic (exact) mass is 421 g/mol. The summed E-state index contributed by atoms with van der Waals surface area (Å²) in [4.78, 5) is 39.3. The number of rotatable bonds is 2. The van der Waals surface area contributed by atoms with Crippen LogP contribution in [0, 0.1) is 5.95 Å². The molecule has 158 valence electrons. The van der Waals surface area contributed by atoms with Crippen molar-refractivity contribution in [1.29, 1.82) is 0 Å². The topological polar surface area (TPSA) is 78.9 Å². The van der Waals surface area contributed by atoms with Gasteiger partial charge in [-0.15, -0.1) is 0 Å². The Bertz CT molecular complexity index is 1180. The summed E-state index contributed by atoms with van der Waals surface area (Å²) in [5.74, 6) is -0.760. The highest BCUT2D eigenvalue weighted by molar-refractivity contribution is 6.10. The minimum Gasteiger partial charge on any atom is -0.420 e. The first-order valence-corrected chi connectivity index (χ1v) is 10.0. The van der Waals surface area contributed by atoms with Gasteiger partial charge in [0.1, 0.15) is 5.82 Å². The van der Waals surface area contributed by atoms with Crippen molar-refractivity contribution in [3.8, 4) is 0 Å². The third kappa shape index (κ3) is 3.46. The summed E-state index contributed by atoms with van der Waals surface area (Å²) in [5, 5.41) is 0.639. The number of aromatic nitrogens is 2. The molecule has 9 heteroatoms. The minimum absolute atomic E-state index is 0.172. The Morgan fingerprint density at radius 1 is 1.03 bits per heavy atom. The second-order valence-corrected chi connectivity index (χ2v) is 7.64. The van der Waals surface area contributed by atoms with Gasteiger partial charge in [0, 0.05) is 42.7 Å². The van der Waals surface area contributed by atoms with Crippen LogP contribution in [0.15, 0.2) is 48.5 Å². The van der Waals surface area contributed by atoms with Gasteiger partial charge in [0.05, 0.1) is 0 Å². The number of ether oxygens (including phenoxy) is 1. The van der Waals surface area contributed by atoms with E-state index in [9.17, 15) is 14.0 Å². The highest BCUT2D eigenvalue weighted by Gasteiger charge is 2.41. The second-order valence-electron chi connectivity index (χ2n) is 7.64. The Kier molecular flexibility index (Phi) is 4.74. The molecule has 1 saturated heterocycles. The molecule has 1 atom stereocenters. The van der Waals surface area contributed by atoms with Crippen LogP contribution in [0.2, 0.25) is 0 Å². The fraction of sp³-hybridized carbons (Fsp3) is 0.273. The Morgan fingerprint density at radius 3 is 2.58 bits per heavy atom. The van der Waals surface area contributed by atoms with Gasteiger partial charge >= 0.3 is 6.09 Å². The van der Waals surface area contributed by atoms with Crippen LogP contribution in [-0.2, 0) is 4.74 Å². The SMILES string of the molecule is CN1CCN(C(=O)OC2c3ccccc3C(=O)N2c2ccc3ccc(F)nc3n2)CC1. The number of benzene rings is 1. The van der Waals surface area contributed by atoms with Crippen molar-refractivity contribution < 1.29 is 18.7 Å². The number of halogens is 1. The van der Waals surface area contributed by atoms with Gasteiger partial charge in [-0.2, -0.15) is 9.37 Å².